The van der Waals surface area contributed by atoms with Crippen LogP contribution < -0.4 is 0 Å². The molecule has 3 nitrogen and oxygen atoms in total. The van der Waals surface area contributed by atoms with Crippen LogP contribution >= 0.6 is 0 Å². The molecule has 5 aromatic rings. The van der Waals surface area contributed by atoms with Crippen molar-refractivity contribution in [2.75, 3.05) is 19.8 Å². The van der Waals surface area contributed by atoms with Crippen molar-refractivity contribution in [2.45, 2.75) is 201 Å². The summed E-state index contributed by atoms with van der Waals surface area (Å²) in [5.41, 5.74) is 9.38. The lowest BCUT2D eigenvalue weighted by atomic mass is 9.84. The molecular weight excluding hydrogens is 953 g/mol. The molecule has 0 N–H and O–H groups in total. The van der Waals surface area contributed by atoms with Gasteiger partial charge in [0.15, 0.2) is 6.29 Å². The van der Waals surface area contributed by atoms with Gasteiger partial charge in [-0.3, -0.25) is 0 Å². The smallest absolute Gasteiger partial charge is 0.154 e. The number of benzene rings is 5. The van der Waals surface area contributed by atoms with Crippen LogP contribution in [0.15, 0.2) is 97.1 Å². The molecule has 2 saturated heterocycles. The van der Waals surface area contributed by atoms with Gasteiger partial charge in [-0.15, -0.1) is 0 Å². The molecule has 0 radical (unpaired) electrons. The quantitative estimate of drug-likeness (QED) is 0.145. The van der Waals surface area contributed by atoms with Gasteiger partial charge in [0.1, 0.15) is 23.3 Å². The Bertz CT molecular complexity index is 1960. The van der Waals surface area contributed by atoms with E-state index < -0.39 is 11.6 Å². The van der Waals surface area contributed by atoms with Gasteiger partial charge in [-0.05, 0) is 178 Å². The number of hydrogen-bond acceptors (Lipinski definition) is 3. The molecule has 4 fully saturated rings. The molecule has 2 aliphatic heterocycles. The van der Waals surface area contributed by atoms with Crippen LogP contribution in [0.1, 0.15) is 175 Å². The summed E-state index contributed by atoms with van der Waals surface area (Å²) in [5, 5.41) is 0. The van der Waals surface area contributed by atoms with Crippen molar-refractivity contribution in [3.05, 3.63) is 176 Å². The van der Waals surface area contributed by atoms with Crippen LogP contribution in [0.25, 0.3) is 0 Å². The summed E-state index contributed by atoms with van der Waals surface area (Å²) in [6, 6.07) is 30.0. The van der Waals surface area contributed by atoms with Crippen molar-refractivity contribution in [3.63, 3.8) is 0 Å². The van der Waals surface area contributed by atoms with Crippen LogP contribution in [0.2, 0.25) is 0 Å². The Morgan fingerprint density at radius 2 is 0.553 bits per heavy atom. The molecule has 9 rings (SSSR count). The molecule has 0 bridgehead atoms. The van der Waals surface area contributed by atoms with Crippen molar-refractivity contribution >= 4 is 0 Å². The number of halogens is 4. The summed E-state index contributed by atoms with van der Waals surface area (Å²) >= 11 is 0. The van der Waals surface area contributed by atoms with Gasteiger partial charge in [-0.2, -0.15) is 0 Å². The van der Waals surface area contributed by atoms with Gasteiger partial charge in [-0.1, -0.05) is 188 Å². The molecule has 426 valence electrons. The highest BCUT2D eigenvalue weighted by atomic mass is 19.1. The highest BCUT2D eigenvalue weighted by molar-refractivity contribution is 5.25. The molecule has 2 unspecified atom stereocenters. The maximum absolute atomic E-state index is 12.6. The molecule has 0 aromatic heterocycles. The Balaban J connectivity index is 0.000000428. The van der Waals surface area contributed by atoms with E-state index in [1.54, 1.807) is 32.9 Å². The van der Waals surface area contributed by atoms with Crippen LogP contribution in [-0.4, -0.2) is 32.2 Å². The second-order valence-corrected chi connectivity index (χ2v) is 23.1. The van der Waals surface area contributed by atoms with E-state index in [1.807, 2.05) is 32.9 Å². The molecule has 7 heteroatoms. The Hall–Kier alpha value is -4.30. The minimum atomic E-state index is -0.475. The third kappa shape index (κ3) is 34.5. The van der Waals surface area contributed by atoms with Crippen LogP contribution in [0.3, 0.4) is 0 Å². The molecule has 2 heterocycles. The molecule has 0 amide bonds. The first kappa shape index (κ1) is 69.7. The van der Waals surface area contributed by atoms with Gasteiger partial charge < -0.3 is 14.2 Å². The summed E-state index contributed by atoms with van der Waals surface area (Å²) in [6.07, 6.45) is 14.9. The fourth-order valence-electron chi connectivity index (χ4n) is 8.01. The second kappa shape index (κ2) is 39.1. The average molecular weight is 1060 g/mol. The Morgan fingerprint density at radius 3 is 0.789 bits per heavy atom. The zero-order chi connectivity index (χ0) is 57.3. The highest BCUT2D eigenvalue weighted by Crippen LogP contribution is 2.28. The summed E-state index contributed by atoms with van der Waals surface area (Å²) in [4.78, 5) is 0. The lowest BCUT2D eigenvalue weighted by molar-refractivity contribution is -0.187. The van der Waals surface area contributed by atoms with E-state index in [0.29, 0.717) is 28.7 Å². The zero-order valence-electron chi connectivity index (χ0n) is 50.8. The van der Waals surface area contributed by atoms with E-state index in [2.05, 4.69) is 125 Å². The summed E-state index contributed by atoms with van der Waals surface area (Å²) in [5.74, 6) is 4.27. The molecule has 2 saturated carbocycles. The molecule has 5 aromatic carbocycles. The summed E-state index contributed by atoms with van der Waals surface area (Å²) in [7, 11) is 0. The zero-order valence-corrected chi connectivity index (χ0v) is 50.8. The number of hydrogen-bond donors (Lipinski definition) is 0. The molecule has 0 spiro atoms. The Labute approximate surface area is 462 Å². The van der Waals surface area contributed by atoms with Gasteiger partial charge in [0.25, 0.3) is 0 Å². The molecule has 2 atom stereocenters. The van der Waals surface area contributed by atoms with Crippen molar-refractivity contribution in [2.24, 2.45) is 35.5 Å². The minimum Gasteiger partial charge on any atom is -0.378 e. The van der Waals surface area contributed by atoms with Crippen LogP contribution in [0.5, 0.6) is 0 Å². The number of ether oxygens (including phenoxy) is 3. The predicted octanol–water partition coefficient (Wildman–Crippen LogP) is 20.6. The average Bonchev–Trinajstić information content (AvgIpc) is 3.38. The largest absolute Gasteiger partial charge is 0.378 e. The van der Waals surface area contributed by atoms with Crippen molar-refractivity contribution < 1.29 is 31.8 Å². The maximum Gasteiger partial charge on any atom is 0.154 e. The third-order valence-corrected chi connectivity index (χ3v) is 14.1. The number of rotatable bonds is 0. The molecule has 2 aliphatic carbocycles. The van der Waals surface area contributed by atoms with E-state index in [9.17, 15) is 17.6 Å². The minimum absolute atomic E-state index is 0.0196. The van der Waals surface area contributed by atoms with Gasteiger partial charge in [0.2, 0.25) is 0 Å². The van der Waals surface area contributed by atoms with Gasteiger partial charge >= 0.3 is 0 Å². The van der Waals surface area contributed by atoms with E-state index in [0.717, 1.165) is 60.5 Å². The fourth-order valence-corrected chi connectivity index (χ4v) is 8.01. The normalized spacial score (nSPS) is 22.3. The topological polar surface area (TPSA) is 27.7 Å². The Kier molecular flexibility index (Phi) is 35.9. The van der Waals surface area contributed by atoms with E-state index in [-0.39, 0.29) is 23.5 Å². The standard InChI is InChI=1S/C8H8F2.2C8H9F.2C8H16.2C8H10.C7H14O.C6H12O2/c1-5-3-7(9)6(2)8(10)4-5;2*1-6-3-4-7(2)8(9)5-6;4*1-7-3-5-8(2)6-4-7;1-6-3-4-7(2)8-5-6;1-5-3-7-6(2)8-4-5/h3-4H,1-2H3;2*3-5H,1-2H3;2*7-8H,3-6H2,1-2H3;2*3-6H,1-2H3;6-7H,3-5H2,1-2H3;5-6H,3-4H2,1-2H3. The first-order valence-electron chi connectivity index (χ1n) is 28.5. The lowest BCUT2D eigenvalue weighted by Crippen LogP contribution is -2.27. The fraction of sp³-hybridized carbons (Fsp3) is 0.565. The highest BCUT2D eigenvalue weighted by Gasteiger charge is 2.16. The summed E-state index contributed by atoms with van der Waals surface area (Å²) in [6.45, 7) is 39.3. The first-order valence-corrected chi connectivity index (χ1v) is 28.5. The monoisotopic (exact) mass is 1060 g/mol. The van der Waals surface area contributed by atoms with Crippen molar-refractivity contribution in [3.8, 4) is 0 Å². The second-order valence-electron chi connectivity index (χ2n) is 23.1. The Morgan fingerprint density at radius 1 is 0.289 bits per heavy atom. The first-order chi connectivity index (χ1) is 35.7. The SMILES string of the molecule is CC1CCC(C)CC1.CC1CCC(C)CC1.CC1CCC(C)OC1.CC1COC(C)OC1.Cc1cc(F)c(C)c(F)c1.Cc1ccc(C)c(F)c1.Cc1ccc(C)c(F)c1.Cc1ccc(C)cc1.Cc1ccc(C)cc1. The van der Waals surface area contributed by atoms with Crippen LogP contribution in [0, 0.1) is 128 Å². The summed E-state index contributed by atoms with van der Waals surface area (Å²) < 4.78 is 66.1. The molecule has 4 aliphatic rings. The van der Waals surface area contributed by atoms with Crippen LogP contribution in [0.4, 0.5) is 17.6 Å². The van der Waals surface area contributed by atoms with Gasteiger partial charge in [-0.25, -0.2) is 17.6 Å². The van der Waals surface area contributed by atoms with Crippen molar-refractivity contribution in [1.29, 1.82) is 0 Å². The van der Waals surface area contributed by atoms with E-state index in [4.69, 9.17) is 14.2 Å². The molecule has 76 heavy (non-hydrogen) atoms. The lowest BCUT2D eigenvalue weighted by Gasteiger charge is -2.24. The van der Waals surface area contributed by atoms with Crippen LogP contribution in [-0.2, 0) is 14.2 Å². The maximum atomic E-state index is 12.6. The predicted molar refractivity (Wildman–Crippen MR) is 317 cm³/mol. The third-order valence-electron chi connectivity index (χ3n) is 14.1. The van der Waals surface area contributed by atoms with Crippen molar-refractivity contribution in [1.82, 2.24) is 0 Å². The van der Waals surface area contributed by atoms with E-state index >= 15 is 0 Å². The van der Waals surface area contributed by atoms with Gasteiger partial charge in [0.05, 0.1) is 19.3 Å². The molecular formula is C69H104F4O3. The van der Waals surface area contributed by atoms with Gasteiger partial charge in [0, 0.05) is 18.1 Å². The number of aryl methyl sites for hydroxylation is 9. The van der Waals surface area contributed by atoms with E-state index in [1.165, 1.54) is 118 Å².